The lowest BCUT2D eigenvalue weighted by molar-refractivity contribution is 0.556. The van der Waals surface area contributed by atoms with Crippen LogP contribution < -0.4 is 5.32 Å². The number of rotatable bonds is 7. The predicted molar refractivity (Wildman–Crippen MR) is 71.5 cm³/mol. The maximum atomic E-state index is 13.3. The van der Waals surface area contributed by atoms with E-state index < -0.39 is 11.6 Å². The van der Waals surface area contributed by atoms with Crippen molar-refractivity contribution in [2.45, 2.75) is 26.7 Å². The maximum Gasteiger partial charge on any atom is 0.129 e. The summed E-state index contributed by atoms with van der Waals surface area (Å²) in [5.74, 6) is -0.349. The minimum Gasteiger partial charge on any atom is -0.316 e. The summed E-state index contributed by atoms with van der Waals surface area (Å²) in [6, 6.07) is 3.70. The van der Waals surface area contributed by atoms with Gasteiger partial charge in [0.25, 0.3) is 0 Å². The number of allylic oxidation sites excluding steroid dienone is 1. The van der Waals surface area contributed by atoms with Gasteiger partial charge in [0.1, 0.15) is 11.6 Å². The standard InChI is InChI=1S/C15H21F2N/c1-12(2)11-18-9-5-3-4-6-13-7-8-14(16)10-15(13)17/h3-4,7-8,10,12,18H,5-6,9,11H2,1-2H3. The van der Waals surface area contributed by atoms with Crippen molar-refractivity contribution in [3.05, 3.63) is 47.5 Å². The Morgan fingerprint density at radius 1 is 1.22 bits per heavy atom. The average molecular weight is 253 g/mol. The van der Waals surface area contributed by atoms with Crippen LogP contribution in [0.2, 0.25) is 0 Å². The molecule has 0 amide bonds. The molecule has 3 heteroatoms. The van der Waals surface area contributed by atoms with E-state index in [1.54, 1.807) is 0 Å². The highest BCUT2D eigenvalue weighted by Gasteiger charge is 2.01. The molecule has 0 aliphatic rings. The minimum absolute atomic E-state index is 0.474. The van der Waals surface area contributed by atoms with Crippen molar-refractivity contribution in [2.24, 2.45) is 5.92 Å². The molecule has 0 saturated heterocycles. The molecule has 0 radical (unpaired) electrons. The Morgan fingerprint density at radius 3 is 2.67 bits per heavy atom. The smallest absolute Gasteiger partial charge is 0.129 e. The molecule has 0 aliphatic heterocycles. The molecule has 0 fully saturated rings. The third kappa shape index (κ3) is 5.92. The molecule has 0 aromatic heterocycles. The minimum atomic E-state index is -0.530. The molecular weight excluding hydrogens is 232 g/mol. The van der Waals surface area contributed by atoms with E-state index in [2.05, 4.69) is 19.2 Å². The molecule has 1 rings (SSSR count). The Morgan fingerprint density at radius 2 is 2.00 bits per heavy atom. The maximum absolute atomic E-state index is 13.3. The summed E-state index contributed by atoms with van der Waals surface area (Å²) >= 11 is 0. The number of halogens is 2. The lowest BCUT2D eigenvalue weighted by Gasteiger charge is -2.04. The van der Waals surface area contributed by atoms with Gasteiger partial charge >= 0.3 is 0 Å². The molecule has 0 heterocycles. The van der Waals surface area contributed by atoms with Crippen molar-refractivity contribution in [1.82, 2.24) is 5.32 Å². The fraction of sp³-hybridized carbons (Fsp3) is 0.467. The first kappa shape index (κ1) is 14.8. The van der Waals surface area contributed by atoms with Crippen LogP contribution in [0.1, 0.15) is 25.8 Å². The Labute approximate surface area is 108 Å². The largest absolute Gasteiger partial charge is 0.316 e. The molecule has 1 aromatic carbocycles. The normalized spacial score (nSPS) is 11.6. The number of hydrogen-bond donors (Lipinski definition) is 1. The monoisotopic (exact) mass is 253 g/mol. The quantitative estimate of drug-likeness (QED) is 0.577. The highest BCUT2D eigenvalue weighted by atomic mass is 19.1. The van der Waals surface area contributed by atoms with Crippen LogP contribution in [0.3, 0.4) is 0 Å². The summed E-state index contributed by atoms with van der Waals surface area (Å²) in [6.45, 7) is 6.28. The molecular formula is C15H21F2N. The van der Waals surface area contributed by atoms with Crippen molar-refractivity contribution in [3.63, 3.8) is 0 Å². The Balaban J connectivity index is 2.24. The van der Waals surface area contributed by atoms with Crippen LogP contribution in [0.15, 0.2) is 30.4 Å². The first-order valence-corrected chi connectivity index (χ1v) is 6.39. The first-order valence-electron chi connectivity index (χ1n) is 6.39. The van der Waals surface area contributed by atoms with E-state index in [9.17, 15) is 8.78 Å². The highest BCUT2D eigenvalue weighted by Crippen LogP contribution is 2.10. The van der Waals surface area contributed by atoms with Gasteiger partial charge in [0.15, 0.2) is 0 Å². The van der Waals surface area contributed by atoms with E-state index in [0.717, 1.165) is 25.6 Å². The molecule has 0 spiro atoms. The first-order chi connectivity index (χ1) is 8.59. The Bertz CT molecular complexity index is 386. The van der Waals surface area contributed by atoms with Crippen molar-refractivity contribution < 1.29 is 8.78 Å². The summed E-state index contributed by atoms with van der Waals surface area (Å²) in [4.78, 5) is 0. The van der Waals surface area contributed by atoms with Crippen LogP contribution in [0.25, 0.3) is 0 Å². The van der Waals surface area contributed by atoms with Gasteiger partial charge in [0.2, 0.25) is 0 Å². The summed E-state index contributed by atoms with van der Waals surface area (Å²) in [7, 11) is 0. The molecule has 18 heavy (non-hydrogen) atoms. The molecule has 0 atom stereocenters. The zero-order valence-electron chi connectivity index (χ0n) is 11.0. The second-order valence-electron chi connectivity index (χ2n) is 4.80. The molecule has 1 N–H and O–H groups in total. The van der Waals surface area contributed by atoms with E-state index >= 15 is 0 Å². The fourth-order valence-corrected chi connectivity index (χ4v) is 1.59. The predicted octanol–water partition coefficient (Wildman–Crippen LogP) is 3.70. The SMILES string of the molecule is CC(C)CNCCC=CCc1ccc(F)cc1F. The van der Waals surface area contributed by atoms with Gasteiger partial charge in [0.05, 0.1) is 0 Å². The Kier molecular flexibility index (Phi) is 6.58. The molecule has 0 aliphatic carbocycles. The van der Waals surface area contributed by atoms with Gasteiger partial charge in [-0.05, 0) is 43.5 Å². The topological polar surface area (TPSA) is 12.0 Å². The van der Waals surface area contributed by atoms with Crippen LogP contribution in [0.5, 0.6) is 0 Å². The highest BCUT2D eigenvalue weighted by molar-refractivity contribution is 5.20. The second-order valence-corrected chi connectivity index (χ2v) is 4.80. The zero-order valence-corrected chi connectivity index (χ0v) is 11.0. The van der Waals surface area contributed by atoms with Crippen molar-refractivity contribution in [2.75, 3.05) is 13.1 Å². The van der Waals surface area contributed by atoms with Crippen molar-refractivity contribution in [1.29, 1.82) is 0 Å². The van der Waals surface area contributed by atoms with E-state index in [1.807, 2.05) is 12.2 Å². The molecule has 0 saturated carbocycles. The molecule has 0 bridgehead atoms. The van der Waals surface area contributed by atoms with E-state index in [-0.39, 0.29) is 0 Å². The lowest BCUT2D eigenvalue weighted by Crippen LogP contribution is -2.20. The molecule has 100 valence electrons. The van der Waals surface area contributed by atoms with Gasteiger partial charge in [0, 0.05) is 6.07 Å². The zero-order chi connectivity index (χ0) is 13.4. The van der Waals surface area contributed by atoms with Gasteiger partial charge in [-0.3, -0.25) is 0 Å². The Hall–Kier alpha value is -1.22. The average Bonchev–Trinajstić information content (AvgIpc) is 2.30. The summed E-state index contributed by atoms with van der Waals surface area (Å²) in [6.07, 6.45) is 5.38. The van der Waals surface area contributed by atoms with Crippen LogP contribution in [0, 0.1) is 17.6 Å². The van der Waals surface area contributed by atoms with E-state index in [0.29, 0.717) is 17.9 Å². The van der Waals surface area contributed by atoms with Crippen LogP contribution in [0.4, 0.5) is 8.78 Å². The second kappa shape index (κ2) is 7.98. The summed E-state index contributed by atoms with van der Waals surface area (Å²) < 4.78 is 26.0. The van der Waals surface area contributed by atoms with Gasteiger partial charge in [-0.1, -0.05) is 32.1 Å². The lowest BCUT2D eigenvalue weighted by atomic mass is 10.1. The fourth-order valence-electron chi connectivity index (χ4n) is 1.59. The number of nitrogens with one attached hydrogen (secondary N) is 1. The van der Waals surface area contributed by atoms with Crippen molar-refractivity contribution >= 4 is 0 Å². The van der Waals surface area contributed by atoms with Gasteiger partial charge in [-0.25, -0.2) is 8.78 Å². The van der Waals surface area contributed by atoms with Crippen LogP contribution in [-0.4, -0.2) is 13.1 Å². The van der Waals surface area contributed by atoms with E-state index in [1.165, 1.54) is 12.1 Å². The van der Waals surface area contributed by atoms with Crippen LogP contribution >= 0.6 is 0 Å². The van der Waals surface area contributed by atoms with Crippen molar-refractivity contribution in [3.8, 4) is 0 Å². The summed E-state index contributed by atoms with van der Waals surface area (Å²) in [5.41, 5.74) is 0.530. The number of benzene rings is 1. The number of hydrogen-bond acceptors (Lipinski definition) is 1. The summed E-state index contributed by atoms with van der Waals surface area (Å²) in [5, 5.41) is 3.33. The molecule has 0 unspecified atom stereocenters. The molecule has 1 aromatic rings. The van der Waals surface area contributed by atoms with Gasteiger partial charge < -0.3 is 5.32 Å². The third-order valence-electron chi connectivity index (χ3n) is 2.56. The third-order valence-corrected chi connectivity index (χ3v) is 2.56. The van der Waals surface area contributed by atoms with Crippen LogP contribution in [-0.2, 0) is 6.42 Å². The van der Waals surface area contributed by atoms with Gasteiger partial charge in [-0.15, -0.1) is 0 Å². The van der Waals surface area contributed by atoms with Gasteiger partial charge in [-0.2, -0.15) is 0 Å². The van der Waals surface area contributed by atoms with E-state index in [4.69, 9.17) is 0 Å². The molecule has 1 nitrogen and oxygen atoms in total.